The van der Waals surface area contributed by atoms with E-state index < -0.39 is 0 Å². The average Bonchev–Trinajstić information content (AvgIpc) is 2.29. The van der Waals surface area contributed by atoms with Crippen LogP contribution in [-0.2, 0) is 0 Å². The van der Waals surface area contributed by atoms with Crippen LogP contribution in [-0.4, -0.2) is 29.7 Å². The van der Waals surface area contributed by atoms with Gasteiger partial charge >= 0.3 is 0 Å². The van der Waals surface area contributed by atoms with Gasteiger partial charge in [0, 0.05) is 12.6 Å². The summed E-state index contributed by atoms with van der Waals surface area (Å²) in [4.78, 5) is 17.8. The Balaban J connectivity index is 2.60. The second kappa shape index (κ2) is 6.12. The molecule has 1 rings (SSSR count). The molecule has 1 aromatic rings. The summed E-state index contributed by atoms with van der Waals surface area (Å²) in [5, 5.41) is 3.03. The second-order valence-electron chi connectivity index (χ2n) is 3.50. The van der Waals surface area contributed by atoms with E-state index in [-0.39, 0.29) is 17.4 Å². The van der Waals surface area contributed by atoms with Crippen LogP contribution in [0.4, 0.5) is 5.82 Å². The maximum absolute atomic E-state index is 11.3. The van der Waals surface area contributed by atoms with Crippen LogP contribution < -0.4 is 21.3 Å². The van der Waals surface area contributed by atoms with Crippen molar-refractivity contribution in [3.8, 4) is 5.75 Å². The molecule has 0 saturated carbocycles. The molecule has 1 aromatic heterocycles. The van der Waals surface area contributed by atoms with Crippen LogP contribution in [0, 0.1) is 0 Å². The minimum Gasteiger partial charge on any atom is -0.489 e. The van der Waals surface area contributed by atoms with Gasteiger partial charge < -0.3 is 20.8 Å². The molecule has 0 fully saturated rings. The van der Waals surface area contributed by atoms with Gasteiger partial charge in [0.05, 0.1) is 13.4 Å². The molecule has 0 aliphatic rings. The van der Waals surface area contributed by atoms with Crippen LogP contribution in [0.1, 0.15) is 19.8 Å². The summed E-state index contributed by atoms with van der Waals surface area (Å²) in [6.45, 7) is 2.71. The molecular formula is C10H18N4O2. The van der Waals surface area contributed by atoms with Gasteiger partial charge in [-0.3, -0.25) is 4.79 Å². The molecule has 90 valence electrons. The standard InChI is InChI=1S/C10H18N4O2/c1-3-7(11)4-5-12-9-8(16-2)10(15)14-6-13-9/h6-7H,3-5,11H2,1-2H3,(H2,12,13,14,15). The minimum absolute atomic E-state index is 0.167. The molecular weight excluding hydrogens is 208 g/mol. The predicted molar refractivity (Wildman–Crippen MR) is 62.8 cm³/mol. The Labute approximate surface area is 94.2 Å². The molecule has 16 heavy (non-hydrogen) atoms. The molecule has 6 heteroatoms. The topological polar surface area (TPSA) is 93.0 Å². The zero-order valence-electron chi connectivity index (χ0n) is 9.62. The van der Waals surface area contributed by atoms with Crippen molar-refractivity contribution >= 4 is 5.82 Å². The molecule has 4 N–H and O–H groups in total. The quantitative estimate of drug-likeness (QED) is 0.649. The first-order valence-corrected chi connectivity index (χ1v) is 5.30. The van der Waals surface area contributed by atoms with E-state index in [9.17, 15) is 4.79 Å². The zero-order chi connectivity index (χ0) is 12.0. The van der Waals surface area contributed by atoms with Gasteiger partial charge in [-0.1, -0.05) is 6.92 Å². The molecule has 6 nitrogen and oxygen atoms in total. The molecule has 1 atom stereocenters. The summed E-state index contributed by atoms with van der Waals surface area (Å²) in [5.41, 5.74) is 5.49. The van der Waals surface area contributed by atoms with Gasteiger partial charge in [0.1, 0.15) is 0 Å². The number of nitrogens with zero attached hydrogens (tertiary/aromatic N) is 1. The van der Waals surface area contributed by atoms with E-state index in [1.807, 2.05) is 6.92 Å². The summed E-state index contributed by atoms with van der Waals surface area (Å²) in [6, 6.07) is 0.167. The highest BCUT2D eigenvalue weighted by Crippen LogP contribution is 2.13. The van der Waals surface area contributed by atoms with Crippen LogP contribution >= 0.6 is 0 Å². The lowest BCUT2D eigenvalue weighted by molar-refractivity contribution is 0.408. The number of anilines is 1. The lowest BCUT2D eigenvalue weighted by Gasteiger charge is -2.11. The largest absolute Gasteiger partial charge is 0.489 e. The summed E-state index contributed by atoms with van der Waals surface area (Å²) in [7, 11) is 1.44. The number of aromatic amines is 1. The minimum atomic E-state index is -0.292. The van der Waals surface area contributed by atoms with Crippen molar-refractivity contribution in [1.82, 2.24) is 9.97 Å². The van der Waals surface area contributed by atoms with Crippen LogP contribution in [0.3, 0.4) is 0 Å². The highest BCUT2D eigenvalue weighted by atomic mass is 16.5. The number of ether oxygens (including phenoxy) is 1. The smallest absolute Gasteiger partial charge is 0.295 e. The van der Waals surface area contributed by atoms with E-state index >= 15 is 0 Å². The van der Waals surface area contributed by atoms with Crippen molar-refractivity contribution in [3.63, 3.8) is 0 Å². The van der Waals surface area contributed by atoms with Crippen molar-refractivity contribution in [2.45, 2.75) is 25.8 Å². The van der Waals surface area contributed by atoms with E-state index in [0.29, 0.717) is 12.4 Å². The summed E-state index contributed by atoms with van der Waals surface area (Å²) in [6.07, 6.45) is 3.10. The van der Waals surface area contributed by atoms with Crippen molar-refractivity contribution in [1.29, 1.82) is 0 Å². The van der Waals surface area contributed by atoms with Gasteiger partial charge in [-0.05, 0) is 12.8 Å². The van der Waals surface area contributed by atoms with Crippen molar-refractivity contribution < 1.29 is 4.74 Å². The molecule has 0 aromatic carbocycles. The SMILES string of the molecule is CCC(N)CCNc1nc[nH]c(=O)c1OC. The van der Waals surface area contributed by atoms with E-state index in [1.165, 1.54) is 13.4 Å². The molecule has 0 saturated heterocycles. The molecule has 0 amide bonds. The van der Waals surface area contributed by atoms with Crippen molar-refractivity contribution in [3.05, 3.63) is 16.7 Å². The third-order valence-corrected chi connectivity index (χ3v) is 2.35. The van der Waals surface area contributed by atoms with Crippen LogP contribution in [0.25, 0.3) is 0 Å². The van der Waals surface area contributed by atoms with Crippen molar-refractivity contribution in [2.75, 3.05) is 19.0 Å². The Morgan fingerprint density at radius 2 is 2.44 bits per heavy atom. The number of aromatic nitrogens is 2. The molecule has 0 aliphatic carbocycles. The Morgan fingerprint density at radius 1 is 1.69 bits per heavy atom. The highest BCUT2D eigenvalue weighted by molar-refractivity contribution is 5.47. The number of nitrogens with one attached hydrogen (secondary N) is 2. The van der Waals surface area contributed by atoms with Gasteiger partial charge in [0.2, 0.25) is 5.75 Å². The predicted octanol–water partition coefficient (Wildman–Crippen LogP) is 0.318. The van der Waals surface area contributed by atoms with Crippen molar-refractivity contribution in [2.24, 2.45) is 5.73 Å². The maximum atomic E-state index is 11.3. The van der Waals surface area contributed by atoms with Gasteiger partial charge in [-0.15, -0.1) is 0 Å². The Morgan fingerprint density at radius 3 is 3.06 bits per heavy atom. The lowest BCUT2D eigenvalue weighted by atomic mass is 10.2. The number of hydrogen-bond acceptors (Lipinski definition) is 5. The number of methoxy groups -OCH3 is 1. The van der Waals surface area contributed by atoms with E-state index in [0.717, 1.165) is 12.8 Å². The van der Waals surface area contributed by atoms with E-state index in [2.05, 4.69) is 15.3 Å². The van der Waals surface area contributed by atoms with Crippen LogP contribution in [0.2, 0.25) is 0 Å². The fourth-order valence-electron chi connectivity index (χ4n) is 1.28. The monoisotopic (exact) mass is 226 g/mol. The third kappa shape index (κ3) is 3.23. The number of rotatable bonds is 6. The molecule has 0 spiro atoms. The Kier molecular flexibility index (Phi) is 4.78. The second-order valence-corrected chi connectivity index (χ2v) is 3.50. The third-order valence-electron chi connectivity index (χ3n) is 2.35. The molecule has 1 heterocycles. The fourth-order valence-corrected chi connectivity index (χ4v) is 1.28. The Bertz CT molecular complexity index is 377. The normalized spacial score (nSPS) is 12.2. The number of hydrogen-bond donors (Lipinski definition) is 3. The van der Waals surface area contributed by atoms with Gasteiger partial charge in [0.25, 0.3) is 5.56 Å². The van der Waals surface area contributed by atoms with Crippen LogP contribution in [0.15, 0.2) is 11.1 Å². The average molecular weight is 226 g/mol. The van der Waals surface area contributed by atoms with Gasteiger partial charge in [-0.25, -0.2) is 4.98 Å². The lowest BCUT2D eigenvalue weighted by Crippen LogP contribution is -2.23. The maximum Gasteiger partial charge on any atom is 0.295 e. The number of H-pyrrole nitrogens is 1. The summed E-state index contributed by atoms with van der Waals surface area (Å²) < 4.78 is 4.96. The molecule has 0 bridgehead atoms. The molecule has 0 radical (unpaired) electrons. The zero-order valence-corrected chi connectivity index (χ0v) is 9.62. The molecule has 1 unspecified atom stereocenters. The first-order valence-electron chi connectivity index (χ1n) is 5.30. The highest BCUT2D eigenvalue weighted by Gasteiger charge is 2.08. The number of nitrogens with two attached hydrogens (primary N) is 1. The van der Waals surface area contributed by atoms with E-state index in [1.54, 1.807) is 0 Å². The Hall–Kier alpha value is -1.56. The summed E-state index contributed by atoms with van der Waals surface area (Å²) >= 11 is 0. The van der Waals surface area contributed by atoms with Crippen LogP contribution in [0.5, 0.6) is 5.75 Å². The van der Waals surface area contributed by atoms with E-state index in [4.69, 9.17) is 10.5 Å². The first-order chi connectivity index (χ1) is 7.69. The van der Waals surface area contributed by atoms with Gasteiger partial charge in [0.15, 0.2) is 5.82 Å². The van der Waals surface area contributed by atoms with Gasteiger partial charge in [-0.2, -0.15) is 0 Å². The molecule has 0 aliphatic heterocycles. The fraction of sp³-hybridized carbons (Fsp3) is 0.600. The summed E-state index contributed by atoms with van der Waals surface area (Å²) in [5.74, 6) is 0.655. The first kappa shape index (κ1) is 12.5.